The summed E-state index contributed by atoms with van der Waals surface area (Å²) in [5, 5.41) is 9.99. The van der Waals surface area contributed by atoms with E-state index in [0.717, 1.165) is 91.8 Å². The van der Waals surface area contributed by atoms with Gasteiger partial charge in [-0.25, -0.2) is 14.8 Å². The fourth-order valence-corrected chi connectivity index (χ4v) is 10.0. The number of hydrogen-bond donors (Lipinski definition) is 4. The summed E-state index contributed by atoms with van der Waals surface area (Å²) in [4.78, 5) is 74.5. The lowest BCUT2D eigenvalue weighted by Crippen LogP contribution is -2.51. The summed E-state index contributed by atoms with van der Waals surface area (Å²) in [6.07, 6.45) is 3.37. The maximum atomic E-state index is 14.6. The van der Waals surface area contributed by atoms with Gasteiger partial charge < -0.3 is 39.9 Å². The van der Waals surface area contributed by atoms with Crippen LogP contribution < -0.4 is 10.6 Å². The van der Waals surface area contributed by atoms with E-state index in [4.69, 9.17) is 19.4 Å². The molecule has 0 bridgehead atoms. The fraction of sp³-hybridized carbons (Fsp3) is 0.373. The highest BCUT2D eigenvalue weighted by Gasteiger charge is 2.43. The van der Waals surface area contributed by atoms with Gasteiger partial charge in [0.1, 0.15) is 23.7 Å². The normalized spacial score (nSPS) is 19.7. The first-order valence-corrected chi connectivity index (χ1v) is 22.7. The summed E-state index contributed by atoms with van der Waals surface area (Å²) in [6.45, 7) is 5.42. The molecule has 0 unspecified atom stereocenters. The Morgan fingerprint density at radius 3 is 1.95 bits per heavy atom. The number of likely N-dealkylation sites (tertiary alicyclic amines) is 2. The molecule has 0 radical (unpaired) electrons. The van der Waals surface area contributed by atoms with Gasteiger partial charge in [-0.3, -0.25) is 14.4 Å². The number of fused-ring (bicyclic) bond motifs is 6. The Morgan fingerprint density at radius 2 is 1.37 bits per heavy atom. The third-order valence-corrected chi connectivity index (χ3v) is 13.6. The largest absolute Gasteiger partial charge is 0.453 e. The van der Waals surface area contributed by atoms with Crippen molar-refractivity contribution < 1.29 is 28.7 Å². The van der Waals surface area contributed by atoms with E-state index in [1.54, 1.807) is 7.11 Å². The van der Waals surface area contributed by atoms with Crippen molar-refractivity contribution in [3.05, 3.63) is 108 Å². The summed E-state index contributed by atoms with van der Waals surface area (Å²) >= 11 is 0. The van der Waals surface area contributed by atoms with Crippen LogP contribution in [0, 0.1) is 17.8 Å². The Bertz CT molecular complexity index is 2960. The molecule has 5 aromatic carbocycles. The summed E-state index contributed by atoms with van der Waals surface area (Å²) in [5.74, 6) is 1.05. The number of hydrogen-bond acceptors (Lipinski definition) is 8. The van der Waals surface area contributed by atoms with Crippen molar-refractivity contribution in [2.24, 2.45) is 17.8 Å². The molecule has 7 aromatic rings. The number of methoxy groups -OCH3 is 2. The van der Waals surface area contributed by atoms with Gasteiger partial charge in [0.15, 0.2) is 0 Å². The predicted molar refractivity (Wildman–Crippen MR) is 249 cm³/mol. The van der Waals surface area contributed by atoms with E-state index in [-0.39, 0.29) is 47.6 Å². The number of carbonyl (C=O) groups excluding carboxylic acids is 4. The minimum atomic E-state index is -0.795. The summed E-state index contributed by atoms with van der Waals surface area (Å²) in [7, 11) is 2.98. The van der Waals surface area contributed by atoms with E-state index in [1.807, 2.05) is 66.1 Å². The molecular formula is C51H54N8O6. The first-order valence-electron chi connectivity index (χ1n) is 22.7. The number of imidazole rings is 2. The number of nitrogens with one attached hydrogen (secondary N) is 4. The number of H-pyrrole nitrogens is 2. The molecule has 0 spiro atoms. The van der Waals surface area contributed by atoms with Gasteiger partial charge in [-0.2, -0.15) is 0 Å². The van der Waals surface area contributed by atoms with Crippen molar-refractivity contribution in [3.63, 3.8) is 0 Å². The van der Waals surface area contributed by atoms with Crippen molar-refractivity contribution in [1.29, 1.82) is 0 Å². The second-order valence-electron chi connectivity index (χ2n) is 18.3. The molecule has 14 nitrogen and oxygen atoms in total. The van der Waals surface area contributed by atoms with E-state index >= 15 is 0 Å². The minimum Gasteiger partial charge on any atom is -0.453 e. The average Bonchev–Trinajstić information content (AvgIpc) is 3.65. The standard InChI is InChI=1S/C51H54N8O6/c1-28(2)42(57-51(63)65-4)49(61)58-22-8-11-40(58)46-52-38-20-16-34-24-32(14-18-36(34)44(38)54-46)33-15-19-37-35(25-33)17-21-39-45(37)55-47(53-39)41-23-29(27-64-3)26-59(41)50(62)43(30-9-6-5-7-10-30)56-48(60)31-12-13-31/h5-7,9-10,14-21,24-25,28-29,31,40-43H,8,11-13,22-23,26-27H2,1-4H3,(H,52,54)(H,53,55)(H,56,60)(H,57,63)/t29-,40-,41-,42-,43+/m0/s1. The van der Waals surface area contributed by atoms with Crippen LogP contribution in [0.1, 0.15) is 81.3 Å². The number of aromatic nitrogens is 4. The van der Waals surface area contributed by atoms with Crippen LogP contribution in [-0.4, -0.2) is 93.5 Å². The summed E-state index contributed by atoms with van der Waals surface area (Å²) in [5.41, 5.74) is 6.38. The van der Waals surface area contributed by atoms with Crippen LogP contribution >= 0.6 is 0 Å². The highest BCUT2D eigenvalue weighted by Crippen LogP contribution is 2.40. The van der Waals surface area contributed by atoms with Gasteiger partial charge in [-0.15, -0.1) is 0 Å². The Labute approximate surface area is 376 Å². The lowest BCUT2D eigenvalue weighted by Gasteiger charge is -2.29. The van der Waals surface area contributed by atoms with Gasteiger partial charge in [0, 0.05) is 42.8 Å². The molecule has 4 N–H and O–H groups in total. The van der Waals surface area contributed by atoms with Gasteiger partial charge in [-0.05, 0) is 89.8 Å². The number of aromatic amines is 2. The molecule has 334 valence electrons. The number of carbonyl (C=O) groups is 4. The van der Waals surface area contributed by atoms with E-state index in [9.17, 15) is 19.2 Å². The van der Waals surface area contributed by atoms with Crippen LogP contribution in [0.5, 0.6) is 0 Å². The smallest absolute Gasteiger partial charge is 0.407 e. The van der Waals surface area contributed by atoms with Crippen LogP contribution in [0.4, 0.5) is 4.79 Å². The maximum Gasteiger partial charge on any atom is 0.407 e. The Hall–Kier alpha value is -6.80. The molecule has 65 heavy (non-hydrogen) atoms. The second kappa shape index (κ2) is 17.3. The van der Waals surface area contributed by atoms with E-state index in [2.05, 4.69) is 69.1 Å². The van der Waals surface area contributed by atoms with Crippen LogP contribution in [-0.2, 0) is 23.9 Å². The fourth-order valence-electron chi connectivity index (χ4n) is 10.0. The number of rotatable bonds is 12. The number of ether oxygens (including phenoxy) is 2. The van der Waals surface area contributed by atoms with Crippen LogP contribution in [0.15, 0.2) is 91.0 Å². The zero-order valence-electron chi connectivity index (χ0n) is 37.1. The molecule has 4 amide bonds. The molecule has 3 fully saturated rings. The lowest BCUT2D eigenvalue weighted by atomic mass is 9.98. The third-order valence-electron chi connectivity index (χ3n) is 13.6. The van der Waals surface area contributed by atoms with Gasteiger partial charge >= 0.3 is 6.09 Å². The Kier molecular flexibility index (Phi) is 11.2. The summed E-state index contributed by atoms with van der Waals surface area (Å²) < 4.78 is 10.4. The van der Waals surface area contributed by atoms with Crippen molar-refractivity contribution >= 4 is 67.4 Å². The molecule has 5 atom stereocenters. The van der Waals surface area contributed by atoms with E-state index in [1.165, 1.54) is 7.11 Å². The van der Waals surface area contributed by atoms with Crippen LogP contribution in [0.3, 0.4) is 0 Å². The van der Waals surface area contributed by atoms with E-state index in [0.29, 0.717) is 31.9 Å². The van der Waals surface area contributed by atoms with Gasteiger partial charge in [0.25, 0.3) is 0 Å². The monoisotopic (exact) mass is 874 g/mol. The highest BCUT2D eigenvalue weighted by atomic mass is 16.5. The predicted octanol–water partition coefficient (Wildman–Crippen LogP) is 8.26. The lowest BCUT2D eigenvalue weighted by molar-refractivity contribution is -0.138. The molecule has 1 aliphatic carbocycles. The molecule has 10 rings (SSSR count). The molecule has 4 heterocycles. The molecule has 2 aliphatic heterocycles. The van der Waals surface area contributed by atoms with E-state index < -0.39 is 18.2 Å². The van der Waals surface area contributed by atoms with Crippen molar-refractivity contribution in [3.8, 4) is 11.1 Å². The minimum absolute atomic E-state index is 0.0323. The first-order chi connectivity index (χ1) is 31.6. The molecular weight excluding hydrogens is 821 g/mol. The van der Waals surface area contributed by atoms with Crippen molar-refractivity contribution in [2.45, 2.75) is 70.1 Å². The van der Waals surface area contributed by atoms with Gasteiger partial charge in [-0.1, -0.05) is 80.6 Å². The third kappa shape index (κ3) is 8.04. The number of benzene rings is 5. The topological polar surface area (TPSA) is 175 Å². The molecule has 1 saturated carbocycles. The maximum absolute atomic E-state index is 14.6. The zero-order valence-corrected chi connectivity index (χ0v) is 37.1. The molecule has 14 heteroatoms. The Morgan fingerprint density at radius 1 is 0.738 bits per heavy atom. The summed E-state index contributed by atoms with van der Waals surface area (Å²) in [6, 6.07) is 28.6. The molecule has 2 aromatic heterocycles. The van der Waals surface area contributed by atoms with Gasteiger partial charge in [0.05, 0.1) is 47.9 Å². The van der Waals surface area contributed by atoms with Gasteiger partial charge in [0.2, 0.25) is 17.7 Å². The first kappa shape index (κ1) is 42.2. The Balaban J connectivity index is 0.919. The molecule has 3 aliphatic rings. The zero-order chi connectivity index (χ0) is 44.9. The number of amides is 4. The molecule has 2 saturated heterocycles. The average molecular weight is 875 g/mol. The number of alkyl carbamates (subject to hydrolysis) is 1. The van der Waals surface area contributed by atoms with Crippen molar-refractivity contribution in [1.82, 2.24) is 40.4 Å². The van der Waals surface area contributed by atoms with Crippen LogP contribution in [0.25, 0.3) is 54.7 Å². The SMILES string of the molecule is COC[C@H]1C[C@@H](c2nc3ccc4cc(-c5ccc6c(ccc7nc([C@@H]8CCCN8C(=O)[C@@H](NC(=O)OC)C(C)C)[nH]c76)c5)ccc4c3[nH]2)N(C(=O)[C@H](NC(=O)C2CC2)c2ccccc2)C1. The number of nitrogens with zero attached hydrogens (tertiary/aromatic N) is 4. The van der Waals surface area contributed by atoms with Crippen LogP contribution in [0.2, 0.25) is 0 Å². The highest BCUT2D eigenvalue weighted by molar-refractivity contribution is 6.07. The van der Waals surface area contributed by atoms with Crippen molar-refractivity contribution in [2.75, 3.05) is 33.9 Å². The second-order valence-corrected chi connectivity index (χ2v) is 18.3. The quantitative estimate of drug-likeness (QED) is 0.0950.